The van der Waals surface area contributed by atoms with Crippen LogP contribution in [0.3, 0.4) is 0 Å². The van der Waals surface area contributed by atoms with Crippen LogP contribution >= 0.6 is 23.2 Å². The van der Waals surface area contributed by atoms with Gasteiger partial charge in [-0.1, -0.05) is 23.2 Å². The van der Waals surface area contributed by atoms with Crippen LogP contribution in [0.2, 0.25) is 10.0 Å². The lowest BCUT2D eigenvalue weighted by atomic mass is 10.1. The Hall–Kier alpha value is -3.51. The molecule has 14 heteroatoms. The van der Waals surface area contributed by atoms with Gasteiger partial charge in [0.2, 0.25) is 6.79 Å². The molecule has 3 aromatic rings. The van der Waals surface area contributed by atoms with Crippen molar-refractivity contribution in [2.24, 2.45) is 0 Å². The third-order valence-electron chi connectivity index (χ3n) is 4.59. The summed E-state index contributed by atoms with van der Waals surface area (Å²) < 4.78 is 51.4. The molecule has 34 heavy (non-hydrogen) atoms. The van der Waals surface area contributed by atoms with Gasteiger partial charge in [0.1, 0.15) is 11.3 Å². The van der Waals surface area contributed by atoms with Gasteiger partial charge in [0.25, 0.3) is 11.8 Å². The number of carbonyl (C=O) groups excluding carboxylic acids is 2. The minimum absolute atomic E-state index is 0.0305. The fourth-order valence-corrected chi connectivity index (χ4v) is 3.60. The first kappa shape index (κ1) is 23.6. The largest absolute Gasteiger partial charge is 0.454 e. The summed E-state index contributed by atoms with van der Waals surface area (Å²) in [4.78, 5) is 29.8. The molecule has 2 aromatic heterocycles. The van der Waals surface area contributed by atoms with Gasteiger partial charge in [-0.2, -0.15) is 18.3 Å². The lowest BCUT2D eigenvalue weighted by molar-refractivity contribution is -0.141. The minimum atomic E-state index is -4.86. The number of halogens is 5. The van der Waals surface area contributed by atoms with Crippen LogP contribution in [0.4, 0.5) is 18.9 Å². The van der Waals surface area contributed by atoms with Crippen LogP contribution in [-0.4, -0.2) is 39.9 Å². The molecule has 2 amide bonds. The predicted molar refractivity (Wildman–Crippen MR) is 115 cm³/mol. The van der Waals surface area contributed by atoms with Gasteiger partial charge >= 0.3 is 6.18 Å². The average Bonchev–Trinajstić information content (AvgIpc) is 3.41. The SMILES string of the molecule is CCNC(=O)c1c(NC(=O)c2cc(C(F)(F)F)nn2-c2ncccc2Cl)c(Cl)cc2c1OCO2. The number of rotatable bonds is 5. The molecule has 0 bridgehead atoms. The number of hydrogen-bond acceptors (Lipinski definition) is 6. The summed E-state index contributed by atoms with van der Waals surface area (Å²) in [6, 6.07) is 4.69. The van der Waals surface area contributed by atoms with E-state index in [1.807, 2.05) is 0 Å². The zero-order valence-electron chi connectivity index (χ0n) is 17.2. The number of nitrogens with zero attached hydrogens (tertiary/aromatic N) is 3. The Balaban J connectivity index is 1.82. The van der Waals surface area contributed by atoms with Crippen molar-refractivity contribution in [1.29, 1.82) is 0 Å². The molecule has 1 aromatic carbocycles. The first-order valence-electron chi connectivity index (χ1n) is 9.61. The predicted octanol–water partition coefficient (Wildman–Crippen LogP) is 4.32. The number of benzene rings is 1. The number of pyridine rings is 1. The number of fused-ring (bicyclic) bond motifs is 1. The molecule has 0 saturated heterocycles. The van der Waals surface area contributed by atoms with E-state index in [0.29, 0.717) is 10.7 Å². The van der Waals surface area contributed by atoms with E-state index >= 15 is 0 Å². The summed E-state index contributed by atoms with van der Waals surface area (Å²) >= 11 is 12.4. The Morgan fingerprint density at radius 1 is 1.18 bits per heavy atom. The number of hydrogen-bond donors (Lipinski definition) is 2. The van der Waals surface area contributed by atoms with Crippen molar-refractivity contribution in [1.82, 2.24) is 20.1 Å². The number of aromatic nitrogens is 3. The maximum atomic E-state index is 13.4. The van der Waals surface area contributed by atoms with Gasteiger partial charge in [-0.15, -0.1) is 0 Å². The highest BCUT2D eigenvalue weighted by Crippen LogP contribution is 2.44. The number of carbonyl (C=O) groups is 2. The van der Waals surface area contributed by atoms with Crippen molar-refractivity contribution in [3.8, 4) is 17.3 Å². The molecule has 0 saturated carbocycles. The second kappa shape index (κ2) is 9.03. The number of ether oxygens (including phenoxy) is 2. The molecule has 0 radical (unpaired) electrons. The van der Waals surface area contributed by atoms with E-state index in [0.717, 1.165) is 0 Å². The van der Waals surface area contributed by atoms with Gasteiger partial charge in [-0.05, 0) is 19.1 Å². The Labute approximate surface area is 199 Å². The number of nitrogens with one attached hydrogen (secondary N) is 2. The molecular formula is C20H14Cl2F3N5O4. The monoisotopic (exact) mass is 515 g/mol. The fraction of sp³-hybridized carbons (Fsp3) is 0.200. The zero-order valence-corrected chi connectivity index (χ0v) is 18.7. The van der Waals surface area contributed by atoms with Gasteiger partial charge in [-0.25, -0.2) is 9.67 Å². The molecule has 2 N–H and O–H groups in total. The third kappa shape index (κ3) is 4.33. The Morgan fingerprint density at radius 2 is 1.94 bits per heavy atom. The first-order chi connectivity index (χ1) is 16.1. The molecule has 0 spiro atoms. The minimum Gasteiger partial charge on any atom is -0.454 e. The Bertz CT molecular complexity index is 1300. The highest BCUT2D eigenvalue weighted by molar-refractivity contribution is 6.35. The quantitative estimate of drug-likeness (QED) is 0.523. The second-order valence-electron chi connectivity index (χ2n) is 6.79. The summed E-state index contributed by atoms with van der Waals surface area (Å²) in [5.41, 5.74) is -2.23. The highest BCUT2D eigenvalue weighted by atomic mass is 35.5. The van der Waals surface area contributed by atoms with E-state index in [-0.39, 0.29) is 52.0 Å². The molecule has 0 atom stereocenters. The highest BCUT2D eigenvalue weighted by Gasteiger charge is 2.37. The summed E-state index contributed by atoms with van der Waals surface area (Å²) in [7, 11) is 0. The van der Waals surface area contributed by atoms with Gasteiger partial charge in [0.15, 0.2) is 23.0 Å². The standard InChI is InChI=1S/C20H14Cl2F3N5O4/c1-2-26-19(32)14-15(10(22)6-12-16(14)34-8-33-12)28-18(31)11-7-13(20(23,24)25)29-30(11)17-9(21)4-3-5-27-17/h3-7H,2,8H2,1H3,(H,26,32)(H,28,31). The average molecular weight is 516 g/mol. The van der Waals surface area contributed by atoms with E-state index in [9.17, 15) is 22.8 Å². The van der Waals surface area contributed by atoms with Crippen molar-refractivity contribution in [3.05, 3.63) is 57.5 Å². The summed E-state index contributed by atoms with van der Waals surface area (Å²) in [5.74, 6) is -1.70. The normalized spacial score (nSPS) is 12.5. The number of amides is 2. The second-order valence-corrected chi connectivity index (χ2v) is 7.60. The number of alkyl halides is 3. The van der Waals surface area contributed by atoms with Crippen LogP contribution in [-0.2, 0) is 6.18 Å². The third-order valence-corrected chi connectivity index (χ3v) is 5.18. The van der Waals surface area contributed by atoms with E-state index in [1.54, 1.807) is 6.92 Å². The van der Waals surface area contributed by atoms with Crippen LogP contribution in [0.15, 0.2) is 30.5 Å². The molecule has 0 fully saturated rings. The van der Waals surface area contributed by atoms with Crippen molar-refractivity contribution >= 4 is 40.7 Å². The van der Waals surface area contributed by atoms with E-state index in [4.69, 9.17) is 32.7 Å². The van der Waals surface area contributed by atoms with E-state index in [1.165, 1.54) is 24.4 Å². The van der Waals surface area contributed by atoms with E-state index in [2.05, 4.69) is 20.7 Å². The molecular weight excluding hydrogens is 502 g/mol. The van der Waals surface area contributed by atoms with Crippen LogP contribution in [0.5, 0.6) is 11.5 Å². The summed E-state index contributed by atoms with van der Waals surface area (Å²) in [6.45, 7) is 1.73. The lowest BCUT2D eigenvalue weighted by Crippen LogP contribution is -2.26. The van der Waals surface area contributed by atoms with Gasteiger partial charge in [0.05, 0.1) is 15.7 Å². The first-order valence-corrected chi connectivity index (χ1v) is 10.4. The molecule has 1 aliphatic heterocycles. The van der Waals surface area contributed by atoms with Gasteiger partial charge < -0.3 is 20.1 Å². The maximum absolute atomic E-state index is 13.4. The molecule has 9 nitrogen and oxygen atoms in total. The molecule has 178 valence electrons. The fourth-order valence-electron chi connectivity index (χ4n) is 3.15. The van der Waals surface area contributed by atoms with Crippen LogP contribution in [0.1, 0.15) is 33.5 Å². The molecule has 1 aliphatic rings. The van der Waals surface area contributed by atoms with Gasteiger partial charge in [0, 0.05) is 24.9 Å². The molecule has 4 rings (SSSR count). The lowest BCUT2D eigenvalue weighted by Gasteiger charge is -2.15. The smallest absolute Gasteiger partial charge is 0.435 e. The van der Waals surface area contributed by atoms with Crippen LogP contribution in [0.25, 0.3) is 5.82 Å². The molecule has 3 heterocycles. The Morgan fingerprint density at radius 3 is 2.62 bits per heavy atom. The Kier molecular flexibility index (Phi) is 6.28. The summed E-state index contributed by atoms with van der Waals surface area (Å²) in [6.07, 6.45) is -3.58. The summed E-state index contributed by atoms with van der Waals surface area (Å²) in [5, 5.41) is 8.28. The van der Waals surface area contributed by atoms with Gasteiger partial charge in [-0.3, -0.25) is 9.59 Å². The van der Waals surface area contributed by atoms with E-state index < -0.39 is 29.4 Å². The molecule has 0 aliphatic carbocycles. The maximum Gasteiger partial charge on any atom is 0.435 e. The topological polar surface area (TPSA) is 107 Å². The van der Waals surface area contributed by atoms with Crippen molar-refractivity contribution in [2.45, 2.75) is 13.1 Å². The van der Waals surface area contributed by atoms with Crippen molar-refractivity contribution < 1.29 is 32.2 Å². The van der Waals surface area contributed by atoms with Crippen molar-refractivity contribution in [3.63, 3.8) is 0 Å². The van der Waals surface area contributed by atoms with Crippen LogP contribution in [0, 0.1) is 0 Å². The van der Waals surface area contributed by atoms with Crippen LogP contribution < -0.4 is 20.1 Å². The van der Waals surface area contributed by atoms with Crippen molar-refractivity contribution in [2.75, 3.05) is 18.7 Å². The molecule has 0 unspecified atom stereocenters. The zero-order chi connectivity index (χ0) is 24.6. The number of anilines is 1.